The fourth-order valence-corrected chi connectivity index (χ4v) is 2.63. The Labute approximate surface area is 126 Å². The summed E-state index contributed by atoms with van der Waals surface area (Å²) in [6, 6.07) is 6.28. The average Bonchev–Trinajstić information content (AvgIpc) is 3.16. The monoisotopic (exact) mass is 336 g/mol. The van der Waals surface area contributed by atoms with E-state index in [0.717, 1.165) is 15.7 Å². The van der Waals surface area contributed by atoms with Crippen LogP contribution in [0.25, 0.3) is 0 Å². The highest BCUT2D eigenvalue weighted by molar-refractivity contribution is 9.10. The molecule has 0 spiro atoms. The number of aliphatic hydroxyl groups excluding tert-OH is 1. The first-order valence-corrected chi connectivity index (χ1v) is 7.55. The summed E-state index contributed by atoms with van der Waals surface area (Å²) in [5.41, 5.74) is 1.86. The average molecular weight is 337 g/mol. The van der Waals surface area contributed by atoms with E-state index in [1.165, 1.54) is 12.8 Å². The first-order chi connectivity index (χ1) is 9.65. The van der Waals surface area contributed by atoms with Crippen molar-refractivity contribution in [3.05, 3.63) is 46.5 Å². The van der Waals surface area contributed by atoms with Crippen LogP contribution in [0, 0.1) is 0 Å². The van der Waals surface area contributed by atoms with Crippen LogP contribution in [-0.2, 0) is 6.61 Å². The standard InChI is InChI=1S/C15H17BrN2O2/c1-10(19)14-6-11(16)2-5-15(14)20-8-13-7-17-9-18(13)12-3-4-12/h2,5-7,9-10,12,19H,3-4,8H2,1H3. The van der Waals surface area contributed by atoms with Crippen molar-refractivity contribution in [2.45, 2.75) is 38.5 Å². The largest absolute Gasteiger partial charge is 0.487 e. The van der Waals surface area contributed by atoms with Gasteiger partial charge in [-0.15, -0.1) is 0 Å². The lowest BCUT2D eigenvalue weighted by Gasteiger charge is -2.14. The molecule has 1 heterocycles. The van der Waals surface area contributed by atoms with Gasteiger partial charge in [-0.05, 0) is 38.0 Å². The van der Waals surface area contributed by atoms with E-state index in [0.29, 0.717) is 18.4 Å². The van der Waals surface area contributed by atoms with Gasteiger partial charge in [0.25, 0.3) is 0 Å². The molecule has 20 heavy (non-hydrogen) atoms. The maximum Gasteiger partial charge on any atom is 0.130 e. The van der Waals surface area contributed by atoms with E-state index in [-0.39, 0.29) is 0 Å². The lowest BCUT2D eigenvalue weighted by Crippen LogP contribution is -2.05. The van der Waals surface area contributed by atoms with Crippen molar-refractivity contribution in [1.82, 2.24) is 9.55 Å². The summed E-state index contributed by atoms with van der Waals surface area (Å²) in [5.74, 6) is 0.715. The molecule has 0 saturated heterocycles. The zero-order valence-corrected chi connectivity index (χ0v) is 12.9. The van der Waals surface area contributed by atoms with E-state index in [4.69, 9.17) is 4.74 Å². The number of aromatic nitrogens is 2. The van der Waals surface area contributed by atoms with Crippen LogP contribution in [0.2, 0.25) is 0 Å². The van der Waals surface area contributed by atoms with Crippen molar-refractivity contribution >= 4 is 15.9 Å². The van der Waals surface area contributed by atoms with E-state index in [9.17, 15) is 5.11 Å². The summed E-state index contributed by atoms with van der Waals surface area (Å²) in [6.45, 7) is 2.21. The van der Waals surface area contributed by atoms with Crippen LogP contribution >= 0.6 is 15.9 Å². The molecular weight excluding hydrogens is 320 g/mol. The first-order valence-electron chi connectivity index (χ1n) is 6.76. The van der Waals surface area contributed by atoms with Crippen molar-refractivity contribution in [1.29, 1.82) is 0 Å². The molecule has 1 aliphatic carbocycles. The normalized spacial score (nSPS) is 16.1. The van der Waals surface area contributed by atoms with E-state index in [2.05, 4.69) is 25.5 Å². The van der Waals surface area contributed by atoms with Gasteiger partial charge >= 0.3 is 0 Å². The number of hydrogen-bond acceptors (Lipinski definition) is 3. The predicted octanol–water partition coefficient (Wildman–Crippen LogP) is 3.61. The Hall–Kier alpha value is -1.33. The van der Waals surface area contributed by atoms with Gasteiger partial charge < -0.3 is 14.4 Å². The molecule has 0 radical (unpaired) electrons. The van der Waals surface area contributed by atoms with Gasteiger partial charge in [0.1, 0.15) is 12.4 Å². The summed E-state index contributed by atoms with van der Waals surface area (Å²) in [6.07, 6.45) is 5.60. The minimum atomic E-state index is -0.559. The Morgan fingerprint density at radius 1 is 1.50 bits per heavy atom. The summed E-state index contributed by atoms with van der Waals surface area (Å²) in [7, 11) is 0. The number of ether oxygens (including phenoxy) is 1. The van der Waals surface area contributed by atoms with Crippen LogP contribution in [0.1, 0.15) is 43.2 Å². The second-order valence-electron chi connectivity index (χ2n) is 5.17. The summed E-state index contributed by atoms with van der Waals surface area (Å²) < 4.78 is 8.99. The van der Waals surface area contributed by atoms with Crippen LogP contribution < -0.4 is 4.74 Å². The third-order valence-corrected chi connectivity index (χ3v) is 3.98. The Morgan fingerprint density at radius 2 is 2.30 bits per heavy atom. The molecule has 0 amide bonds. The third-order valence-electron chi connectivity index (χ3n) is 3.48. The summed E-state index contributed by atoms with van der Waals surface area (Å²) in [4.78, 5) is 4.19. The molecule has 1 aromatic carbocycles. The quantitative estimate of drug-likeness (QED) is 0.907. The van der Waals surface area contributed by atoms with Gasteiger partial charge in [0, 0.05) is 16.1 Å². The van der Waals surface area contributed by atoms with Crippen LogP contribution in [0.3, 0.4) is 0 Å². The zero-order valence-electron chi connectivity index (χ0n) is 11.3. The number of benzene rings is 1. The highest BCUT2D eigenvalue weighted by Gasteiger charge is 2.25. The molecule has 0 aliphatic heterocycles. The minimum absolute atomic E-state index is 0.470. The predicted molar refractivity (Wildman–Crippen MR) is 79.6 cm³/mol. The molecule has 1 atom stereocenters. The number of imidazole rings is 1. The second kappa shape index (κ2) is 5.58. The molecule has 1 aromatic heterocycles. The van der Waals surface area contributed by atoms with Gasteiger partial charge in [-0.3, -0.25) is 0 Å². The maximum absolute atomic E-state index is 9.82. The number of halogens is 1. The maximum atomic E-state index is 9.82. The van der Waals surface area contributed by atoms with Crippen molar-refractivity contribution in [3.8, 4) is 5.75 Å². The molecule has 4 nitrogen and oxygen atoms in total. The third kappa shape index (κ3) is 2.88. The van der Waals surface area contributed by atoms with E-state index in [1.807, 2.05) is 30.7 Å². The van der Waals surface area contributed by atoms with Crippen LogP contribution in [0.5, 0.6) is 5.75 Å². The molecule has 2 aromatic rings. The number of nitrogens with zero attached hydrogens (tertiary/aromatic N) is 2. The topological polar surface area (TPSA) is 47.3 Å². The number of aliphatic hydroxyl groups is 1. The zero-order chi connectivity index (χ0) is 14.1. The van der Waals surface area contributed by atoms with Crippen LogP contribution in [0.15, 0.2) is 35.2 Å². The van der Waals surface area contributed by atoms with Crippen molar-refractivity contribution in [2.75, 3.05) is 0 Å². The van der Waals surface area contributed by atoms with Crippen LogP contribution in [-0.4, -0.2) is 14.7 Å². The molecule has 106 valence electrons. The highest BCUT2D eigenvalue weighted by atomic mass is 79.9. The van der Waals surface area contributed by atoms with Gasteiger partial charge in [0.05, 0.1) is 24.3 Å². The van der Waals surface area contributed by atoms with Gasteiger partial charge in [-0.1, -0.05) is 15.9 Å². The Bertz CT molecular complexity index is 606. The van der Waals surface area contributed by atoms with Gasteiger partial charge in [0.2, 0.25) is 0 Å². The Balaban J connectivity index is 1.76. The molecule has 1 aliphatic rings. The molecular formula is C15H17BrN2O2. The second-order valence-corrected chi connectivity index (χ2v) is 6.09. The highest BCUT2D eigenvalue weighted by Crippen LogP contribution is 2.36. The summed E-state index contributed by atoms with van der Waals surface area (Å²) in [5, 5.41) is 9.82. The smallest absolute Gasteiger partial charge is 0.130 e. The first kappa shape index (κ1) is 13.6. The van der Waals surface area contributed by atoms with Crippen LogP contribution in [0.4, 0.5) is 0 Å². The lowest BCUT2D eigenvalue weighted by molar-refractivity contribution is 0.189. The van der Waals surface area contributed by atoms with Crippen molar-refractivity contribution in [3.63, 3.8) is 0 Å². The molecule has 1 fully saturated rings. The molecule has 5 heteroatoms. The molecule has 1 saturated carbocycles. The van der Waals surface area contributed by atoms with E-state index < -0.39 is 6.10 Å². The Morgan fingerprint density at radius 3 is 3.00 bits per heavy atom. The van der Waals surface area contributed by atoms with Gasteiger partial charge in [0.15, 0.2) is 0 Å². The van der Waals surface area contributed by atoms with Gasteiger partial charge in [-0.2, -0.15) is 0 Å². The number of hydrogen-bond donors (Lipinski definition) is 1. The molecule has 3 rings (SSSR count). The fourth-order valence-electron chi connectivity index (χ4n) is 2.25. The lowest BCUT2D eigenvalue weighted by atomic mass is 10.1. The summed E-state index contributed by atoms with van der Waals surface area (Å²) >= 11 is 3.41. The van der Waals surface area contributed by atoms with E-state index in [1.54, 1.807) is 6.92 Å². The minimum Gasteiger partial charge on any atom is -0.487 e. The van der Waals surface area contributed by atoms with Gasteiger partial charge in [-0.25, -0.2) is 4.98 Å². The molecule has 0 bridgehead atoms. The SMILES string of the molecule is CC(O)c1cc(Br)ccc1OCc1cncn1C1CC1. The van der Waals surface area contributed by atoms with E-state index >= 15 is 0 Å². The fraction of sp³-hybridized carbons (Fsp3) is 0.400. The Kier molecular flexibility index (Phi) is 3.81. The van der Waals surface area contributed by atoms with Crippen molar-refractivity contribution < 1.29 is 9.84 Å². The van der Waals surface area contributed by atoms with Crippen molar-refractivity contribution in [2.24, 2.45) is 0 Å². The molecule has 1 unspecified atom stereocenters. The number of rotatable bonds is 5. The molecule has 1 N–H and O–H groups in total.